The molecule has 42 heavy (non-hydrogen) atoms. The zero-order valence-corrected chi connectivity index (χ0v) is 25.5. The number of halogens is 1. The smallest absolute Gasteiger partial charge is 0.339 e. The van der Waals surface area contributed by atoms with Crippen molar-refractivity contribution in [3.8, 4) is 0 Å². The maximum absolute atomic E-state index is 13.3. The highest BCUT2D eigenvalue weighted by Gasteiger charge is 2.36. The van der Waals surface area contributed by atoms with Crippen LogP contribution in [0.25, 0.3) is 10.5 Å². The van der Waals surface area contributed by atoms with Gasteiger partial charge < -0.3 is 14.4 Å². The van der Waals surface area contributed by atoms with E-state index in [1.165, 1.54) is 19.2 Å². The van der Waals surface area contributed by atoms with Gasteiger partial charge in [0.1, 0.15) is 23.0 Å². The van der Waals surface area contributed by atoms with Gasteiger partial charge in [-0.15, -0.1) is 0 Å². The van der Waals surface area contributed by atoms with Crippen LogP contribution < -0.4 is 10.2 Å². The minimum Gasteiger partial charge on any atom is -0.467 e. The molecule has 0 bridgehead atoms. The first-order valence-corrected chi connectivity index (χ1v) is 14.2. The Labute approximate surface area is 246 Å². The lowest BCUT2D eigenvalue weighted by Crippen LogP contribution is -2.40. The maximum atomic E-state index is 13.3. The summed E-state index contributed by atoms with van der Waals surface area (Å²) in [6.45, 7) is 21.2. The SMILES string of the molecule is [C-]#[N+]C(Cc1ccc(F)cc1)NC(=O)c1cn2c(N3CCC(C)(C)CC3)c([C@H](OC(C)(C)C)C(=O)OC)c(C)cc2n1. The van der Waals surface area contributed by atoms with Crippen molar-refractivity contribution < 1.29 is 23.5 Å². The third-order valence-corrected chi connectivity index (χ3v) is 7.57. The van der Waals surface area contributed by atoms with Gasteiger partial charge in [0.25, 0.3) is 5.91 Å². The van der Waals surface area contributed by atoms with E-state index >= 15 is 0 Å². The average Bonchev–Trinajstić information content (AvgIpc) is 3.35. The van der Waals surface area contributed by atoms with E-state index in [1.54, 1.807) is 18.3 Å². The number of aryl methyl sites for hydroxylation is 1. The first-order valence-electron chi connectivity index (χ1n) is 14.2. The van der Waals surface area contributed by atoms with Crippen molar-refractivity contribution in [2.24, 2.45) is 5.41 Å². The number of hydrogen-bond acceptors (Lipinski definition) is 6. The molecule has 1 aliphatic heterocycles. The largest absolute Gasteiger partial charge is 0.467 e. The molecule has 0 radical (unpaired) electrons. The summed E-state index contributed by atoms with van der Waals surface area (Å²) in [6, 6.07) is 7.68. The molecule has 1 amide bonds. The number of hydrogen-bond donors (Lipinski definition) is 1. The first kappa shape index (κ1) is 31.0. The number of amides is 1. The Hall–Kier alpha value is -3.97. The summed E-state index contributed by atoms with van der Waals surface area (Å²) in [6.07, 6.45) is 1.93. The summed E-state index contributed by atoms with van der Waals surface area (Å²) in [4.78, 5) is 36.9. The van der Waals surface area contributed by atoms with E-state index in [4.69, 9.17) is 16.0 Å². The van der Waals surface area contributed by atoms with Crippen LogP contribution >= 0.6 is 0 Å². The number of ether oxygens (including phenoxy) is 2. The molecule has 3 heterocycles. The Morgan fingerprint density at radius 2 is 1.83 bits per heavy atom. The van der Waals surface area contributed by atoms with Gasteiger partial charge in [0.15, 0.2) is 6.10 Å². The standard InChI is InChI=1S/C32H40FN5O4/c1-20-17-25-35-23(28(39)36-24(34-7)18-21-9-11-22(33)12-10-21)19-38(25)29(37-15-13-32(5,6)14-16-37)26(20)27(30(40)41-8)42-31(2,3)4/h9-12,17,19,24,27H,13-16,18H2,1-6,8H3,(H,36,39)/t24?,27-/m0/s1. The van der Waals surface area contributed by atoms with E-state index in [1.807, 2.05) is 38.2 Å². The number of fused-ring (bicyclic) bond motifs is 1. The van der Waals surface area contributed by atoms with Crippen molar-refractivity contribution in [3.63, 3.8) is 0 Å². The van der Waals surface area contributed by atoms with E-state index < -0.39 is 29.7 Å². The van der Waals surface area contributed by atoms with E-state index in [9.17, 15) is 14.0 Å². The summed E-state index contributed by atoms with van der Waals surface area (Å²) >= 11 is 0. The molecular weight excluding hydrogens is 537 g/mol. The van der Waals surface area contributed by atoms with Crippen LogP contribution in [-0.4, -0.2) is 53.2 Å². The predicted molar refractivity (Wildman–Crippen MR) is 159 cm³/mol. The zero-order valence-electron chi connectivity index (χ0n) is 25.5. The summed E-state index contributed by atoms with van der Waals surface area (Å²) in [5, 5.41) is 2.75. The third kappa shape index (κ3) is 7.08. The number of aromatic nitrogens is 2. The Balaban J connectivity index is 1.77. The van der Waals surface area contributed by atoms with Gasteiger partial charge in [0.05, 0.1) is 19.1 Å². The predicted octanol–water partition coefficient (Wildman–Crippen LogP) is 5.66. The lowest BCUT2D eigenvalue weighted by atomic mass is 9.82. The highest BCUT2D eigenvalue weighted by Crippen LogP contribution is 2.39. The van der Waals surface area contributed by atoms with Gasteiger partial charge in [-0.2, -0.15) is 0 Å². The number of piperidine rings is 1. The lowest BCUT2D eigenvalue weighted by Gasteiger charge is -2.40. The molecule has 0 spiro atoms. The Morgan fingerprint density at radius 1 is 1.19 bits per heavy atom. The van der Waals surface area contributed by atoms with Crippen molar-refractivity contribution in [2.45, 2.75) is 78.7 Å². The number of imidazole rings is 1. The molecular formula is C32H40FN5O4. The van der Waals surface area contributed by atoms with Crippen molar-refractivity contribution in [1.29, 1.82) is 0 Å². The number of rotatable bonds is 8. The Bertz CT molecular complexity index is 1490. The maximum Gasteiger partial charge on any atom is 0.339 e. The third-order valence-electron chi connectivity index (χ3n) is 7.57. The Morgan fingerprint density at radius 3 is 2.40 bits per heavy atom. The molecule has 224 valence electrons. The zero-order chi connectivity index (χ0) is 30.8. The van der Waals surface area contributed by atoms with E-state index in [0.717, 1.165) is 42.9 Å². The summed E-state index contributed by atoms with van der Waals surface area (Å²) in [7, 11) is 1.34. The first-order chi connectivity index (χ1) is 19.7. The highest BCUT2D eigenvalue weighted by molar-refractivity contribution is 5.93. The molecule has 9 nitrogen and oxygen atoms in total. The van der Waals surface area contributed by atoms with Gasteiger partial charge in [-0.3, -0.25) is 19.4 Å². The normalized spacial score (nSPS) is 16.5. The number of benzene rings is 1. The van der Waals surface area contributed by atoms with E-state index in [0.29, 0.717) is 11.2 Å². The summed E-state index contributed by atoms with van der Waals surface area (Å²) in [5.41, 5.74) is 2.42. The fourth-order valence-corrected chi connectivity index (χ4v) is 5.21. The van der Waals surface area contributed by atoms with Crippen LogP contribution in [0.3, 0.4) is 0 Å². The quantitative estimate of drug-likeness (QED) is 0.275. The van der Waals surface area contributed by atoms with Crippen LogP contribution in [0.4, 0.5) is 10.2 Å². The summed E-state index contributed by atoms with van der Waals surface area (Å²) < 4.78 is 26.6. The number of carbonyl (C=O) groups excluding carboxylic acids is 2. The van der Waals surface area contributed by atoms with Crippen LogP contribution in [0.5, 0.6) is 0 Å². The molecule has 1 fully saturated rings. The second kappa shape index (κ2) is 12.1. The second-order valence-electron chi connectivity index (χ2n) is 12.7. The fourth-order valence-electron chi connectivity index (χ4n) is 5.21. The number of nitrogens with zero attached hydrogens (tertiary/aromatic N) is 4. The number of esters is 1. The molecule has 1 aliphatic rings. The highest BCUT2D eigenvalue weighted by atomic mass is 19.1. The molecule has 1 saturated heterocycles. The van der Waals surface area contributed by atoms with Gasteiger partial charge in [0.2, 0.25) is 0 Å². The molecule has 4 rings (SSSR count). The number of carbonyl (C=O) groups is 2. The molecule has 0 aliphatic carbocycles. The van der Waals surface area contributed by atoms with Crippen molar-refractivity contribution in [3.05, 3.63) is 76.1 Å². The monoisotopic (exact) mass is 577 g/mol. The van der Waals surface area contributed by atoms with Crippen LogP contribution in [0, 0.1) is 24.7 Å². The molecule has 3 aromatic rings. The van der Waals surface area contributed by atoms with E-state index in [2.05, 4.69) is 33.9 Å². The molecule has 1 N–H and O–H groups in total. The lowest BCUT2D eigenvalue weighted by molar-refractivity contribution is -0.164. The minimum absolute atomic E-state index is 0.143. The number of pyridine rings is 1. The summed E-state index contributed by atoms with van der Waals surface area (Å²) in [5.74, 6) is -0.636. The molecule has 1 unspecified atom stereocenters. The average molecular weight is 578 g/mol. The van der Waals surface area contributed by atoms with Crippen molar-refractivity contribution in [2.75, 3.05) is 25.1 Å². The van der Waals surface area contributed by atoms with Crippen molar-refractivity contribution in [1.82, 2.24) is 14.7 Å². The van der Waals surface area contributed by atoms with Gasteiger partial charge in [0, 0.05) is 24.8 Å². The number of anilines is 1. The van der Waals surface area contributed by atoms with E-state index in [-0.39, 0.29) is 23.3 Å². The van der Waals surface area contributed by atoms with Crippen LogP contribution in [0.15, 0.2) is 36.5 Å². The number of nitrogens with one attached hydrogen (secondary N) is 1. The molecule has 0 saturated carbocycles. The van der Waals surface area contributed by atoms with Crippen LogP contribution in [0.1, 0.15) is 80.7 Å². The molecule has 2 aromatic heterocycles. The second-order valence-corrected chi connectivity index (χ2v) is 12.7. The van der Waals surface area contributed by atoms with Crippen LogP contribution in [0.2, 0.25) is 0 Å². The van der Waals surface area contributed by atoms with Gasteiger partial charge >= 0.3 is 12.1 Å². The van der Waals surface area contributed by atoms with Crippen LogP contribution in [-0.2, 0) is 20.7 Å². The molecule has 10 heteroatoms. The fraction of sp³-hybridized carbons (Fsp3) is 0.500. The van der Waals surface area contributed by atoms with Gasteiger partial charge in [-0.05, 0) is 75.3 Å². The molecule has 1 aromatic carbocycles. The number of methoxy groups -OCH3 is 1. The minimum atomic E-state index is -0.994. The van der Waals surface area contributed by atoms with Crippen molar-refractivity contribution >= 4 is 23.3 Å². The Kier molecular flexibility index (Phi) is 8.92. The van der Waals surface area contributed by atoms with Gasteiger partial charge in [-0.1, -0.05) is 26.0 Å². The molecule has 2 atom stereocenters. The topological polar surface area (TPSA) is 89.5 Å². The van der Waals surface area contributed by atoms with Gasteiger partial charge in [-0.25, -0.2) is 20.7 Å².